The van der Waals surface area contributed by atoms with Gasteiger partial charge in [-0.15, -0.1) is 0 Å². The van der Waals surface area contributed by atoms with Gasteiger partial charge in [-0.05, 0) is 24.6 Å². The molecule has 98 valence electrons. The van der Waals surface area contributed by atoms with Gasteiger partial charge in [0.05, 0.1) is 11.1 Å². The van der Waals surface area contributed by atoms with Crippen LogP contribution >= 0.6 is 0 Å². The molecule has 0 spiro atoms. The van der Waals surface area contributed by atoms with Crippen LogP contribution in [-0.2, 0) is 16.7 Å². The van der Waals surface area contributed by atoms with E-state index >= 15 is 0 Å². The zero-order chi connectivity index (χ0) is 13.3. The van der Waals surface area contributed by atoms with Gasteiger partial charge in [-0.3, -0.25) is 4.55 Å². The maximum absolute atomic E-state index is 10.9. The summed E-state index contributed by atoms with van der Waals surface area (Å²) in [4.78, 5) is 4.16. The second-order valence-corrected chi connectivity index (χ2v) is 5.81. The van der Waals surface area contributed by atoms with Gasteiger partial charge in [0, 0.05) is 26.0 Å². The molecule has 1 aliphatic rings. The van der Waals surface area contributed by atoms with Crippen LogP contribution in [-0.4, -0.2) is 36.0 Å². The third kappa shape index (κ3) is 2.65. The molecule has 0 aromatic heterocycles. The molecular weight excluding hydrogens is 252 g/mol. The maximum Gasteiger partial charge on any atom is 0.294 e. The van der Waals surface area contributed by atoms with E-state index in [1.807, 2.05) is 19.4 Å². The molecule has 0 saturated carbocycles. The van der Waals surface area contributed by atoms with Crippen molar-refractivity contribution in [1.82, 2.24) is 9.80 Å². The summed E-state index contributed by atoms with van der Waals surface area (Å²) in [5.74, 6) is 0. The minimum atomic E-state index is -4.10. The third-order valence-electron chi connectivity index (χ3n) is 3.15. The largest absolute Gasteiger partial charge is 0.359 e. The van der Waals surface area contributed by atoms with E-state index in [1.165, 1.54) is 12.1 Å². The van der Waals surface area contributed by atoms with E-state index in [9.17, 15) is 8.42 Å². The Bertz CT molecular complexity index is 551. The van der Waals surface area contributed by atoms with Gasteiger partial charge in [0.25, 0.3) is 10.1 Å². The Morgan fingerprint density at radius 3 is 2.28 bits per heavy atom. The average molecular weight is 268 g/mol. The van der Waals surface area contributed by atoms with E-state index in [0.717, 1.165) is 5.56 Å². The van der Waals surface area contributed by atoms with Crippen molar-refractivity contribution < 1.29 is 13.0 Å². The van der Waals surface area contributed by atoms with Gasteiger partial charge in [0.1, 0.15) is 0 Å². The number of nitrogens with zero attached hydrogens (tertiary/aromatic N) is 2. The van der Waals surface area contributed by atoms with Crippen LogP contribution < -0.4 is 0 Å². The Hall–Kier alpha value is -1.53. The zero-order valence-corrected chi connectivity index (χ0v) is 11.1. The van der Waals surface area contributed by atoms with E-state index < -0.39 is 10.1 Å². The fourth-order valence-corrected chi connectivity index (χ4v) is 2.32. The maximum atomic E-state index is 10.9. The molecule has 1 N–H and O–H groups in total. The van der Waals surface area contributed by atoms with Crippen molar-refractivity contribution in [3.8, 4) is 0 Å². The first-order valence-electron chi connectivity index (χ1n) is 5.60. The first-order valence-corrected chi connectivity index (χ1v) is 7.04. The molecule has 1 atom stereocenters. The summed E-state index contributed by atoms with van der Waals surface area (Å²) in [6.07, 6.45) is 4.28. The molecule has 0 fully saturated rings. The molecule has 1 aromatic rings. The standard InChI is InChI=1S/C12H16N2O3S/c1-10-13(2)7-8-14(10)9-11-3-5-12(6-4-11)18(15,16)17/h3-8,10H,9H2,1-2H3,(H,15,16,17). The van der Waals surface area contributed by atoms with Crippen molar-refractivity contribution in [2.24, 2.45) is 0 Å². The molecule has 1 heterocycles. The quantitative estimate of drug-likeness (QED) is 0.842. The molecule has 5 nitrogen and oxygen atoms in total. The van der Waals surface area contributed by atoms with E-state index in [4.69, 9.17) is 4.55 Å². The SMILES string of the molecule is CC1N(C)C=CN1Cc1ccc(S(=O)(=O)O)cc1. The van der Waals surface area contributed by atoms with Gasteiger partial charge in [0.2, 0.25) is 0 Å². The summed E-state index contributed by atoms with van der Waals surface area (Å²) in [6, 6.07) is 6.25. The molecule has 0 aliphatic carbocycles. The van der Waals surface area contributed by atoms with E-state index in [-0.39, 0.29) is 11.1 Å². The summed E-state index contributed by atoms with van der Waals surface area (Å²) in [5, 5.41) is 0. The molecule has 6 heteroatoms. The van der Waals surface area contributed by atoms with Gasteiger partial charge < -0.3 is 9.80 Å². The van der Waals surface area contributed by atoms with Crippen molar-refractivity contribution in [2.45, 2.75) is 24.5 Å². The molecule has 2 rings (SSSR count). The highest BCUT2D eigenvalue weighted by atomic mass is 32.2. The van der Waals surface area contributed by atoms with Crippen LogP contribution in [0.25, 0.3) is 0 Å². The van der Waals surface area contributed by atoms with Gasteiger partial charge in [0.15, 0.2) is 0 Å². The summed E-state index contributed by atoms with van der Waals surface area (Å²) in [6.45, 7) is 2.79. The van der Waals surface area contributed by atoms with Crippen LogP contribution in [0.5, 0.6) is 0 Å². The Balaban J connectivity index is 2.10. The van der Waals surface area contributed by atoms with Gasteiger partial charge in [-0.25, -0.2) is 0 Å². The fourth-order valence-electron chi connectivity index (χ4n) is 1.84. The Morgan fingerprint density at radius 1 is 1.22 bits per heavy atom. The lowest BCUT2D eigenvalue weighted by atomic mass is 10.2. The van der Waals surface area contributed by atoms with Gasteiger partial charge in [-0.2, -0.15) is 8.42 Å². The lowest BCUT2D eigenvalue weighted by molar-refractivity contribution is 0.189. The van der Waals surface area contributed by atoms with Crippen LogP contribution in [0.2, 0.25) is 0 Å². The van der Waals surface area contributed by atoms with Crippen molar-refractivity contribution in [3.63, 3.8) is 0 Å². The summed E-state index contributed by atoms with van der Waals surface area (Å²) in [7, 11) is -2.10. The first kappa shape index (κ1) is 12.9. The number of hydrogen-bond acceptors (Lipinski definition) is 4. The normalized spacial score (nSPS) is 19.6. The van der Waals surface area contributed by atoms with E-state index in [0.29, 0.717) is 6.54 Å². The highest BCUT2D eigenvalue weighted by Gasteiger charge is 2.18. The van der Waals surface area contributed by atoms with Crippen LogP contribution in [0, 0.1) is 0 Å². The molecule has 0 saturated heterocycles. The molecule has 18 heavy (non-hydrogen) atoms. The highest BCUT2D eigenvalue weighted by Crippen LogP contribution is 2.18. The molecule has 1 aliphatic heterocycles. The second kappa shape index (κ2) is 4.62. The number of rotatable bonds is 3. The predicted octanol–water partition coefficient (Wildman–Crippen LogP) is 1.50. The summed E-state index contributed by atoms with van der Waals surface area (Å²) < 4.78 is 30.7. The fraction of sp³-hybridized carbons (Fsp3) is 0.333. The summed E-state index contributed by atoms with van der Waals surface area (Å²) >= 11 is 0. The molecule has 0 bridgehead atoms. The topological polar surface area (TPSA) is 60.9 Å². The Kier molecular flexibility index (Phi) is 3.32. The van der Waals surface area contributed by atoms with Gasteiger partial charge >= 0.3 is 0 Å². The third-order valence-corrected chi connectivity index (χ3v) is 4.02. The number of benzene rings is 1. The van der Waals surface area contributed by atoms with Crippen molar-refractivity contribution in [2.75, 3.05) is 7.05 Å². The molecule has 1 unspecified atom stereocenters. The van der Waals surface area contributed by atoms with Crippen molar-refractivity contribution in [1.29, 1.82) is 0 Å². The first-order chi connectivity index (χ1) is 8.38. The Labute approximate surface area is 107 Å². The number of hydrogen-bond donors (Lipinski definition) is 1. The van der Waals surface area contributed by atoms with Crippen LogP contribution in [0.15, 0.2) is 41.6 Å². The highest BCUT2D eigenvalue weighted by molar-refractivity contribution is 7.85. The average Bonchev–Trinajstić information content (AvgIpc) is 2.61. The summed E-state index contributed by atoms with van der Waals surface area (Å²) in [5.41, 5.74) is 0.995. The molecular formula is C12H16N2O3S. The van der Waals surface area contributed by atoms with Crippen LogP contribution in [0.4, 0.5) is 0 Å². The van der Waals surface area contributed by atoms with Gasteiger partial charge in [-0.1, -0.05) is 12.1 Å². The Morgan fingerprint density at radius 2 is 1.83 bits per heavy atom. The lowest BCUT2D eigenvalue weighted by Gasteiger charge is -2.27. The molecule has 0 radical (unpaired) electrons. The molecule has 0 amide bonds. The second-order valence-electron chi connectivity index (χ2n) is 4.39. The van der Waals surface area contributed by atoms with E-state index in [1.54, 1.807) is 12.1 Å². The monoisotopic (exact) mass is 268 g/mol. The predicted molar refractivity (Wildman–Crippen MR) is 68.2 cm³/mol. The van der Waals surface area contributed by atoms with E-state index in [2.05, 4.69) is 16.7 Å². The minimum Gasteiger partial charge on any atom is -0.359 e. The van der Waals surface area contributed by atoms with Crippen LogP contribution in [0.1, 0.15) is 12.5 Å². The zero-order valence-electron chi connectivity index (χ0n) is 10.3. The van der Waals surface area contributed by atoms with Crippen molar-refractivity contribution in [3.05, 3.63) is 42.2 Å². The molecule has 1 aromatic carbocycles. The lowest BCUT2D eigenvalue weighted by Crippen LogP contribution is -2.32. The van der Waals surface area contributed by atoms with Crippen LogP contribution in [0.3, 0.4) is 0 Å². The smallest absolute Gasteiger partial charge is 0.294 e. The minimum absolute atomic E-state index is 0.0756. The van der Waals surface area contributed by atoms with Crippen molar-refractivity contribution >= 4 is 10.1 Å².